The molecule has 1 N–H and O–H groups in total. The van der Waals surface area contributed by atoms with Crippen LogP contribution in [0.3, 0.4) is 0 Å². The van der Waals surface area contributed by atoms with Gasteiger partial charge in [0.05, 0.1) is 23.8 Å². The first-order valence-corrected chi connectivity index (χ1v) is 10.8. The van der Waals surface area contributed by atoms with E-state index < -0.39 is 18.3 Å². The maximum atomic E-state index is 13.9. The van der Waals surface area contributed by atoms with Gasteiger partial charge in [-0.05, 0) is 56.5 Å². The normalized spacial score (nSPS) is 19.2. The van der Waals surface area contributed by atoms with Crippen LogP contribution in [0.1, 0.15) is 36.8 Å². The lowest BCUT2D eigenvalue weighted by molar-refractivity contribution is 0.174. The van der Waals surface area contributed by atoms with E-state index in [-0.39, 0.29) is 12.6 Å². The summed E-state index contributed by atoms with van der Waals surface area (Å²) in [5.74, 6) is 0.620. The first kappa shape index (κ1) is 20.7. The SMILES string of the molecule is C[C@H](Nc1nccc(N2C(=O)OCC2[C@H](C)F)n1)c1ncn2c1CCc1cc(Cl)ccc1-2. The minimum absolute atomic E-state index is 0.00680. The van der Waals surface area contributed by atoms with Crippen molar-refractivity contribution in [1.82, 2.24) is 19.5 Å². The van der Waals surface area contributed by atoms with Crippen molar-refractivity contribution in [2.75, 3.05) is 16.8 Å². The molecule has 3 atom stereocenters. The number of alkyl halides is 1. The van der Waals surface area contributed by atoms with Crippen molar-refractivity contribution in [3.63, 3.8) is 0 Å². The number of hydrogen-bond acceptors (Lipinski definition) is 6. The number of fused-ring (bicyclic) bond motifs is 3. The molecule has 0 saturated carbocycles. The Morgan fingerprint density at radius 3 is 2.91 bits per heavy atom. The van der Waals surface area contributed by atoms with E-state index in [1.54, 1.807) is 6.07 Å². The first-order valence-electron chi connectivity index (χ1n) is 10.5. The summed E-state index contributed by atoms with van der Waals surface area (Å²) in [6.45, 7) is 3.37. The number of hydrogen-bond donors (Lipinski definition) is 1. The molecule has 2 aliphatic heterocycles. The van der Waals surface area contributed by atoms with Gasteiger partial charge < -0.3 is 14.6 Å². The summed E-state index contributed by atoms with van der Waals surface area (Å²) in [6, 6.07) is 6.56. The molecule has 1 unspecified atom stereocenters. The fourth-order valence-corrected chi connectivity index (χ4v) is 4.49. The van der Waals surface area contributed by atoms with Crippen molar-refractivity contribution in [2.24, 2.45) is 0 Å². The van der Waals surface area contributed by atoms with Gasteiger partial charge in [0.25, 0.3) is 0 Å². The maximum Gasteiger partial charge on any atom is 0.416 e. The number of ether oxygens (including phenoxy) is 1. The molecule has 1 fully saturated rings. The summed E-state index contributed by atoms with van der Waals surface area (Å²) >= 11 is 6.14. The van der Waals surface area contributed by atoms with Crippen LogP contribution in [0.4, 0.5) is 21.0 Å². The largest absolute Gasteiger partial charge is 0.447 e. The molecular formula is C22H22ClFN6O2. The molecule has 1 aromatic carbocycles. The smallest absolute Gasteiger partial charge is 0.416 e. The molecule has 8 nitrogen and oxygen atoms in total. The van der Waals surface area contributed by atoms with E-state index in [1.165, 1.54) is 23.6 Å². The van der Waals surface area contributed by atoms with E-state index in [4.69, 9.17) is 16.3 Å². The number of nitrogens with zero attached hydrogens (tertiary/aromatic N) is 5. The Labute approximate surface area is 189 Å². The predicted molar refractivity (Wildman–Crippen MR) is 118 cm³/mol. The number of cyclic esters (lactones) is 1. The average molecular weight is 457 g/mol. The third-order valence-corrected chi connectivity index (χ3v) is 6.15. The number of carbonyl (C=O) groups is 1. The van der Waals surface area contributed by atoms with E-state index in [2.05, 4.69) is 24.8 Å². The van der Waals surface area contributed by atoms with Crippen LogP contribution in [0.2, 0.25) is 5.02 Å². The van der Waals surface area contributed by atoms with E-state index in [1.807, 2.05) is 31.5 Å². The number of rotatable bonds is 5. The summed E-state index contributed by atoms with van der Waals surface area (Å²) in [7, 11) is 0. The van der Waals surface area contributed by atoms with Gasteiger partial charge in [0.15, 0.2) is 0 Å². The number of benzene rings is 1. The summed E-state index contributed by atoms with van der Waals surface area (Å²) in [6.07, 6.45) is 3.21. The third kappa shape index (κ3) is 3.56. The Hall–Kier alpha value is -3.20. The molecule has 0 radical (unpaired) electrons. The van der Waals surface area contributed by atoms with Crippen LogP contribution in [0.5, 0.6) is 0 Å². The van der Waals surface area contributed by atoms with Gasteiger partial charge in [-0.25, -0.2) is 19.2 Å². The number of halogens is 2. The van der Waals surface area contributed by atoms with Gasteiger partial charge in [0, 0.05) is 16.9 Å². The molecule has 0 spiro atoms. The van der Waals surface area contributed by atoms with Gasteiger partial charge in [-0.15, -0.1) is 0 Å². The molecule has 5 rings (SSSR count). The molecule has 2 aliphatic rings. The highest BCUT2D eigenvalue weighted by Gasteiger charge is 2.39. The highest BCUT2D eigenvalue weighted by Crippen LogP contribution is 2.31. The van der Waals surface area contributed by atoms with Crippen LogP contribution in [0.15, 0.2) is 36.8 Å². The number of carbonyl (C=O) groups excluding carboxylic acids is 1. The van der Waals surface area contributed by atoms with Gasteiger partial charge in [-0.2, -0.15) is 4.98 Å². The van der Waals surface area contributed by atoms with Crippen molar-refractivity contribution in [3.05, 3.63) is 58.8 Å². The van der Waals surface area contributed by atoms with Gasteiger partial charge in [-0.1, -0.05) is 11.6 Å². The lowest BCUT2D eigenvalue weighted by Gasteiger charge is -2.23. The second kappa shape index (κ2) is 8.05. The lowest BCUT2D eigenvalue weighted by atomic mass is 9.99. The van der Waals surface area contributed by atoms with Gasteiger partial charge in [-0.3, -0.25) is 4.90 Å². The van der Waals surface area contributed by atoms with E-state index >= 15 is 0 Å². The average Bonchev–Trinajstić information content (AvgIpc) is 3.37. The van der Waals surface area contributed by atoms with Crippen LogP contribution in [0, 0.1) is 0 Å². The Kier molecular flexibility index (Phi) is 5.21. The van der Waals surface area contributed by atoms with Crippen molar-refractivity contribution >= 4 is 29.5 Å². The Morgan fingerprint density at radius 2 is 2.09 bits per heavy atom. The van der Waals surface area contributed by atoms with E-state index in [9.17, 15) is 9.18 Å². The van der Waals surface area contributed by atoms with Gasteiger partial charge in [0.2, 0.25) is 5.95 Å². The lowest BCUT2D eigenvalue weighted by Crippen LogP contribution is -2.39. The van der Waals surface area contributed by atoms with Gasteiger partial charge in [0.1, 0.15) is 24.6 Å². The molecule has 32 heavy (non-hydrogen) atoms. The van der Waals surface area contributed by atoms with Crippen molar-refractivity contribution < 1.29 is 13.9 Å². The fraction of sp³-hybridized carbons (Fsp3) is 0.364. The van der Waals surface area contributed by atoms with Crippen molar-refractivity contribution in [2.45, 2.75) is 44.9 Å². The summed E-state index contributed by atoms with van der Waals surface area (Å²) in [5.41, 5.74) is 4.29. The number of imidazole rings is 1. The molecule has 0 aliphatic carbocycles. The monoisotopic (exact) mass is 456 g/mol. The number of amides is 1. The zero-order valence-electron chi connectivity index (χ0n) is 17.6. The second-order valence-corrected chi connectivity index (χ2v) is 8.45. The second-order valence-electron chi connectivity index (χ2n) is 8.02. The van der Waals surface area contributed by atoms with E-state index in [0.717, 1.165) is 34.9 Å². The minimum atomic E-state index is -1.25. The Morgan fingerprint density at radius 1 is 1.25 bits per heavy atom. The van der Waals surface area contributed by atoms with Crippen molar-refractivity contribution in [1.29, 1.82) is 0 Å². The molecule has 10 heteroatoms. The highest BCUT2D eigenvalue weighted by atomic mass is 35.5. The summed E-state index contributed by atoms with van der Waals surface area (Å²) < 4.78 is 21.1. The van der Waals surface area contributed by atoms with Crippen molar-refractivity contribution in [3.8, 4) is 5.69 Å². The van der Waals surface area contributed by atoms with Crippen LogP contribution in [-0.2, 0) is 17.6 Å². The Bertz CT molecular complexity index is 1180. The zero-order valence-corrected chi connectivity index (χ0v) is 18.4. The standard InChI is InChI=1S/C22H22ClFN6O2/c1-12(24)18-10-32-22(31)30(18)19-7-8-25-21(28-19)27-13(2)20-17-5-3-14-9-15(23)4-6-16(14)29(17)11-26-20/h4,6-9,11-13,18H,3,5,10H2,1-2H3,(H,25,27,28)/t12-,13-,18?/m0/s1. The zero-order chi connectivity index (χ0) is 22.4. The van der Waals surface area contributed by atoms with E-state index in [0.29, 0.717) is 11.8 Å². The first-order chi connectivity index (χ1) is 15.4. The van der Waals surface area contributed by atoms with Crippen LogP contribution < -0.4 is 10.2 Å². The number of aromatic nitrogens is 4. The maximum absolute atomic E-state index is 13.9. The molecule has 3 aromatic rings. The molecule has 1 saturated heterocycles. The Balaban J connectivity index is 1.39. The minimum Gasteiger partial charge on any atom is -0.447 e. The molecule has 2 aromatic heterocycles. The highest BCUT2D eigenvalue weighted by molar-refractivity contribution is 6.30. The molecule has 4 heterocycles. The van der Waals surface area contributed by atoms with Crippen LogP contribution >= 0.6 is 11.6 Å². The number of nitrogens with one attached hydrogen (secondary N) is 1. The van der Waals surface area contributed by atoms with Crippen LogP contribution in [0.25, 0.3) is 5.69 Å². The molecule has 0 bridgehead atoms. The summed E-state index contributed by atoms with van der Waals surface area (Å²) in [4.78, 5) is 26.7. The number of aryl methyl sites for hydroxylation is 1. The molecule has 1 amide bonds. The third-order valence-electron chi connectivity index (χ3n) is 5.91. The summed E-state index contributed by atoms with van der Waals surface area (Å²) in [5, 5.41) is 3.99. The molecule has 166 valence electrons. The number of anilines is 2. The topological polar surface area (TPSA) is 85.2 Å². The van der Waals surface area contributed by atoms with Gasteiger partial charge >= 0.3 is 6.09 Å². The fourth-order valence-electron chi connectivity index (χ4n) is 4.30. The predicted octanol–water partition coefficient (Wildman–Crippen LogP) is 4.27. The molecular weight excluding hydrogens is 435 g/mol. The quantitative estimate of drug-likeness (QED) is 0.617. The van der Waals surface area contributed by atoms with Crippen LogP contribution in [-0.4, -0.2) is 44.4 Å².